The van der Waals surface area contributed by atoms with Gasteiger partial charge in [-0.3, -0.25) is 0 Å². The SMILES string of the molecule is COc1cccc(Nc2nc(Nc3ccccc3)nc(Nc3ccccc3)n2)c1. The predicted molar refractivity (Wildman–Crippen MR) is 116 cm³/mol. The Morgan fingerprint density at radius 2 is 1.00 bits per heavy atom. The lowest BCUT2D eigenvalue weighted by molar-refractivity contribution is 0.415. The van der Waals surface area contributed by atoms with E-state index in [0.717, 1.165) is 22.8 Å². The van der Waals surface area contributed by atoms with Gasteiger partial charge in [0, 0.05) is 23.1 Å². The van der Waals surface area contributed by atoms with Gasteiger partial charge in [-0.05, 0) is 36.4 Å². The summed E-state index contributed by atoms with van der Waals surface area (Å²) in [5, 5.41) is 9.63. The molecule has 0 saturated heterocycles. The van der Waals surface area contributed by atoms with Crippen LogP contribution in [-0.2, 0) is 0 Å². The lowest BCUT2D eigenvalue weighted by Gasteiger charge is -2.12. The molecule has 0 amide bonds. The maximum absolute atomic E-state index is 5.28. The first-order valence-corrected chi connectivity index (χ1v) is 9.10. The molecule has 7 nitrogen and oxygen atoms in total. The van der Waals surface area contributed by atoms with E-state index in [0.29, 0.717) is 17.8 Å². The molecule has 1 aromatic heterocycles. The van der Waals surface area contributed by atoms with Crippen LogP contribution in [0.2, 0.25) is 0 Å². The third kappa shape index (κ3) is 4.98. The van der Waals surface area contributed by atoms with Crippen LogP contribution < -0.4 is 20.7 Å². The van der Waals surface area contributed by atoms with Crippen molar-refractivity contribution in [1.82, 2.24) is 15.0 Å². The maximum atomic E-state index is 5.28. The molecule has 0 atom stereocenters. The number of hydrogen-bond donors (Lipinski definition) is 3. The van der Waals surface area contributed by atoms with Crippen LogP contribution in [0, 0.1) is 0 Å². The molecule has 0 fully saturated rings. The Labute approximate surface area is 168 Å². The number of hydrogen-bond acceptors (Lipinski definition) is 7. The predicted octanol–water partition coefficient (Wildman–Crippen LogP) is 5.11. The van der Waals surface area contributed by atoms with Gasteiger partial charge in [-0.2, -0.15) is 15.0 Å². The Hall–Kier alpha value is -4.13. The van der Waals surface area contributed by atoms with Crippen molar-refractivity contribution in [3.05, 3.63) is 84.9 Å². The third-order valence-corrected chi connectivity index (χ3v) is 4.02. The Morgan fingerprint density at radius 3 is 1.48 bits per heavy atom. The van der Waals surface area contributed by atoms with Crippen LogP contribution in [0.4, 0.5) is 34.9 Å². The molecular weight excluding hydrogens is 364 g/mol. The number of rotatable bonds is 7. The van der Waals surface area contributed by atoms with Crippen molar-refractivity contribution in [2.75, 3.05) is 23.1 Å². The first kappa shape index (κ1) is 18.2. The summed E-state index contributed by atoms with van der Waals surface area (Å²) in [7, 11) is 1.63. The summed E-state index contributed by atoms with van der Waals surface area (Å²) in [5.41, 5.74) is 2.58. The Bertz CT molecular complexity index is 1010. The van der Waals surface area contributed by atoms with Crippen LogP contribution in [0.15, 0.2) is 84.9 Å². The van der Waals surface area contributed by atoms with Gasteiger partial charge in [0.25, 0.3) is 0 Å². The summed E-state index contributed by atoms with van der Waals surface area (Å²) in [4.78, 5) is 13.5. The largest absolute Gasteiger partial charge is 0.497 e. The van der Waals surface area contributed by atoms with Crippen molar-refractivity contribution in [2.24, 2.45) is 0 Å². The topological polar surface area (TPSA) is 84.0 Å². The van der Waals surface area contributed by atoms with Gasteiger partial charge in [0.1, 0.15) is 5.75 Å². The number of nitrogens with zero attached hydrogens (tertiary/aromatic N) is 3. The summed E-state index contributed by atoms with van der Waals surface area (Å²) in [6, 6.07) is 27.1. The lowest BCUT2D eigenvalue weighted by atomic mass is 10.3. The van der Waals surface area contributed by atoms with Gasteiger partial charge in [0.15, 0.2) is 0 Å². The highest BCUT2D eigenvalue weighted by Gasteiger charge is 2.08. The molecule has 0 spiro atoms. The van der Waals surface area contributed by atoms with Crippen LogP contribution in [0.5, 0.6) is 5.75 Å². The quantitative estimate of drug-likeness (QED) is 0.408. The smallest absolute Gasteiger partial charge is 0.233 e. The highest BCUT2D eigenvalue weighted by Crippen LogP contribution is 2.22. The minimum atomic E-state index is 0.408. The van der Waals surface area contributed by atoms with Crippen LogP contribution >= 0.6 is 0 Å². The third-order valence-electron chi connectivity index (χ3n) is 4.02. The number of ether oxygens (including phenoxy) is 1. The number of anilines is 6. The van der Waals surface area contributed by atoms with E-state index in [4.69, 9.17) is 4.74 Å². The molecule has 0 saturated carbocycles. The molecule has 144 valence electrons. The number of benzene rings is 3. The van der Waals surface area contributed by atoms with Crippen LogP contribution in [-0.4, -0.2) is 22.1 Å². The molecule has 29 heavy (non-hydrogen) atoms. The van der Waals surface area contributed by atoms with Crippen LogP contribution in [0.1, 0.15) is 0 Å². The number of aromatic nitrogens is 3. The standard InChI is InChI=1S/C22H20N6O/c1-29-19-14-8-13-18(15-19)25-22-27-20(23-16-9-4-2-5-10-16)26-21(28-22)24-17-11-6-3-7-12-17/h2-15H,1H3,(H3,23,24,25,26,27,28). The molecule has 7 heteroatoms. The highest BCUT2D eigenvalue weighted by molar-refractivity contribution is 5.62. The zero-order chi connectivity index (χ0) is 19.9. The molecule has 1 heterocycles. The number of para-hydroxylation sites is 2. The molecule has 4 rings (SSSR count). The van der Waals surface area contributed by atoms with Gasteiger partial charge in [0.2, 0.25) is 17.8 Å². The highest BCUT2D eigenvalue weighted by atomic mass is 16.5. The minimum absolute atomic E-state index is 0.408. The normalized spacial score (nSPS) is 10.2. The van der Waals surface area contributed by atoms with Gasteiger partial charge >= 0.3 is 0 Å². The molecule has 0 radical (unpaired) electrons. The van der Waals surface area contributed by atoms with Crippen molar-refractivity contribution in [2.45, 2.75) is 0 Å². The molecule has 0 unspecified atom stereocenters. The van der Waals surface area contributed by atoms with Crippen molar-refractivity contribution in [1.29, 1.82) is 0 Å². The minimum Gasteiger partial charge on any atom is -0.497 e. The first-order chi connectivity index (χ1) is 14.3. The summed E-state index contributed by atoms with van der Waals surface area (Å²) in [5.74, 6) is 2.00. The zero-order valence-corrected chi connectivity index (χ0v) is 15.8. The van der Waals surface area contributed by atoms with Gasteiger partial charge < -0.3 is 20.7 Å². The van der Waals surface area contributed by atoms with Gasteiger partial charge in [0.05, 0.1) is 7.11 Å². The average Bonchev–Trinajstić information content (AvgIpc) is 2.75. The van der Waals surface area contributed by atoms with E-state index in [1.807, 2.05) is 84.9 Å². The van der Waals surface area contributed by atoms with Crippen molar-refractivity contribution >= 4 is 34.9 Å². The molecule has 0 aliphatic rings. The zero-order valence-electron chi connectivity index (χ0n) is 15.8. The first-order valence-electron chi connectivity index (χ1n) is 9.10. The Kier molecular flexibility index (Phi) is 5.48. The lowest BCUT2D eigenvalue weighted by Crippen LogP contribution is -2.07. The second-order valence-electron chi connectivity index (χ2n) is 6.15. The van der Waals surface area contributed by atoms with E-state index in [1.165, 1.54) is 0 Å². The fourth-order valence-electron chi connectivity index (χ4n) is 2.67. The maximum Gasteiger partial charge on any atom is 0.233 e. The fourth-order valence-corrected chi connectivity index (χ4v) is 2.67. The van der Waals surface area contributed by atoms with E-state index < -0.39 is 0 Å². The van der Waals surface area contributed by atoms with E-state index in [2.05, 4.69) is 30.9 Å². The summed E-state index contributed by atoms with van der Waals surface area (Å²) >= 11 is 0. The molecule has 0 bridgehead atoms. The van der Waals surface area contributed by atoms with E-state index in [9.17, 15) is 0 Å². The molecular formula is C22H20N6O. The molecule has 3 N–H and O–H groups in total. The molecule has 0 aliphatic heterocycles. The molecule has 0 aliphatic carbocycles. The summed E-state index contributed by atoms with van der Waals surface area (Å²) < 4.78 is 5.28. The van der Waals surface area contributed by atoms with Crippen molar-refractivity contribution in [3.63, 3.8) is 0 Å². The van der Waals surface area contributed by atoms with E-state index >= 15 is 0 Å². The van der Waals surface area contributed by atoms with Gasteiger partial charge in [-0.15, -0.1) is 0 Å². The van der Waals surface area contributed by atoms with Crippen LogP contribution in [0.25, 0.3) is 0 Å². The number of methoxy groups -OCH3 is 1. The summed E-state index contributed by atoms with van der Waals surface area (Å²) in [6.45, 7) is 0. The summed E-state index contributed by atoms with van der Waals surface area (Å²) in [6.07, 6.45) is 0. The van der Waals surface area contributed by atoms with Crippen molar-refractivity contribution < 1.29 is 4.74 Å². The Balaban J connectivity index is 1.65. The number of nitrogens with one attached hydrogen (secondary N) is 3. The van der Waals surface area contributed by atoms with E-state index in [1.54, 1.807) is 7.11 Å². The Morgan fingerprint density at radius 1 is 0.552 bits per heavy atom. The van der Waals surface area contributed by atoms with Crippen LogP contribution in [0.3, 0.4) is 0 Å². The monoisotopic (exact) mass is 384 g/mol. The molecule has 3 aromatic carbocycles. The molecule has 4 aromatic rings. The van der Waals surface area contributed by atoms with E-state index in [-0.39, 0.29) is 0 Å². The van der Waals surface area contributed by atoms with Crippen molar-refractivity contribution in [3.8, 4) is 5.75 Å². The second-order valence-corrected chi connectivity index (χ2v) is 6.15. The van der Waals surface area contributed by atoms with Gasteiger partial charge in [-0.1, -0.05) is 42.5 Å². The second kappa shape index (κ2) is 8.71. The average molecular weight is 384 g/mol. The fraction of sp³-hybridized carbons (Fsp3) is 0.0455. The van der Waals surface area contributed by atoms with Gasteiger partial charge in [-0.25, -0.2) is 0 Å².